The molecule has 0 bridgehead atoms. The highest BCUT2D eigenvalue weighted by molar-refractivity contribution is 7.89. The van der Waals surface area contributed by atoms with E-state index in [2.05, 4.69) is 10.0 Å². The fourth-order valence-electron chi connectivity index (χ4n) is 3.41. The van der Waals surface area contributed by atoms with Crippen molar-refractivity contribution in [2.75, 3.05) is 12.4 Å². The molecule has 10 heteroatoms. The third kappa shape index (κ3) is 4.77. The highest BCUT2D eigenvalue weighted by Gasteiger charge is 2.26. The molecule has 2 aromatic rings. The largest absolute Gasteiger partial charge is 0.495 e. The van der Waals surface area contributed by atoms with Crippen LogP contribution in [-0.2, 0) is 10.0 Å². The number of nitrogens with zero attached hydrogens (tertiary/aromatic N) is 1. The van der Waals surface area contributed by atoms with Crippen LogP contribution >= 0.6 is 0 Å². The van der Waals surface area contributed by atoms with Crippen LogP contribution in [0.5, 0.6) is 5.75 Å². The van der Waals surface area contributed by atoms with E-state index in [0.29, 0.717) is 5.56 Å². The quantitative estimate of drug-likeness (QED) is 0.509. The molecule has 0 heterocycles. The first-order valence-corrected chi connectivity index (χ1v) is 11.0. The van der Waals surface area contributed by atoms with Crippen molar-refractivity contribution in [3.63, 3.8) is 0 Å². The fourth-order valence-corrected chi connectivity index (χ4v) is 4.91. The number of aryl methyl sites for hydroxylation is 1. The second-order valence-corrected chi connectivity index (χ2v) is 8.86. The van der Waals surface area contributed by atoms with Gasteiger partial charge < -0.3 is 10.1 Å². The maximum absolute atomic E-state index is 12.9. The molecule has 0 saturated heterocycles. The molecule has 3 rings (SSSR count). The van der Waals surface area contributed by atoms with Gasteiger partial charge >= 0.3 is 0 Å². The summed E-state index contributed by atoms with van der Waals surface area (Å²) < 4.78 is 33.6. The first kappa shape index (κ1) is 21.7. The zero-order valence-corrected chi connectivity index (χ0v) is 17.5. The maximum atomic E-state index is 12.9. The number of benzene rings is 2. The minimum absolute atomic E-state index is 0.0912. The molecule has 0 atom stereocenters. The van der Waals surface area contributed by atoms with E-state index in [0.717, 1.165) is 25.7 Å². The molecule has 9 nitrogen and oxygen atoms in total. The maximum Gasteiger partial charge on any atom is 0.271 e. The zero-order chi connectivity index (χ0) is 21.9. The Kier molecular flexibility index (Phi) is 6.37. The van der Waals surface area contributed by atoms with Gasteiger partial charge in [-0.1, -0.05) is 18.9 Å². The van der Waals surface area contributed by atoms with E-state index in [1.54, 1.807) is 6.92 Å². The van der Waals surface area contributed by atoms with Gasteiger partial charge in [0, 0.05) is 23.7 Å². The average molecular weight is 433 g/mol. The molecule has 2 N–H and O–H groups in total. The van der Waals surface area contributed by atoms with Crippen LogP contribution < -0.4 is 14.8 Å². The SMILES string of the molecule is COc1ccc(C(=O)Nc2cc([N+](=O)[O-])ccc2C)cc1S(=O)(=O)NC1CCCC1. The van der Waals surface area contributed by atoms with Crippen molar-refractivity contribution in [1.29, 1.82) is 0 Å². The number of hydrogen-bond acceptors (Lipinski definition) is 6. The van der Waals surface area contributed by atoms with Crippen molar-refractivity contribution in [1.82, 2.24) is 4.72 Å². The van der Waals surface area contributed by atoms with Crippen LogP contribution in [-0.4, -0.2) is 32.4 Å². The van der Waals surface area contributed by atoms with Crippen LogP contribution in [0.15, 0.2) is 41.3 Å². The molecule has 0 radical (unpaired) electrons. The lowest BCUT2D eigenvalue weighted by Gasteiger charge is -2.16. The number of ether oxygens (including phenoxy) is 1. The third-order valence-electron chi connectivity index (χ3n) is 5.07. The van der Waals surface area contributed by atoms with Gasteiger partial charge in [0.1, 0.15) is 10.6 Å². The zero-order valence-electron chi connectivity index (χ0n) is 16.7. The van der Waals surface area contributed by atoms with Crippen molar-refractivity contribution < 1.29 is 22.9 Å². The van der Waals surface area contributed by atoms with Gasteiger partial charge in [-0.3, -0.25) is 14.9 Å². The van der Waals surface area contributed by atoms with Crippen LogP contribution in [0.25, 0.3) is 0 Å². The van der Waals surface area contributed by atoms with Crippen molar-refractivity contribution in [2.24, 2.45) is 0 Å². The summed E-state index contributed by atoms with van der Waals surface area (Å²) in [4.78, 5) is 23.0. The molecular formula is C20H23N3O6S. The Hall–Kier alpha value is -2.98. The Bertz CT molecular complexity index is 1080. The lowest BCUT2D eigenvalue weighted by molar-refractivity contribution is -0.384. The molecule has 1 aliphatic carbocycles. The van der Waals surface area contributed by atoms with Gasteiger partial charge in [0.25, 0.3) is 11.6 Å². The van der Waals surface area contributed by atoms with Gasteiger partial charge in [-0.15, -0.1) is 0 Å². The van der Waals surface area contributed by atoms with Gasteiger partial charge in [0.05, 0.1) is 17.7 Å². The summed E-state index contributed by atoms with van der Waals surface area (Å²) >= 11 is 0. The first-order chi connectivity index (χ1) is 14.2. The number of hydrogen-bond donors (Lipinski definition) is 2. The number of nitrogens with one attached hydrogen (secondary N) is 2. The van der Waals surface area contributed by atoms with Gasteiger partial charge in [-0.05, 0) is 43.5 Å². The molecule has 2 aromatic carbocycles. The fraction of sp³-hybridized carbons (Fsp3) is 0.350. The molecule has 0 aliphatic heterocycles. The predicted octanol–water partition coefficient (Wildman–Crippen LogP) is 3.39. The van der Waals surface area contributed by atoms with E-state index >= 15 is 0 Å². The van der Waals surface area contributed by atoms with Crippen molar-refractivity contribution in [3.05, 3.63) is 57.6 Å². The van der Waals surface area contributed by atoms with Crippen molar-refractivity contribution in [2.45, 2.75) is 43.5 Å². The highest BCUT2D eigenvalue weighted by atomic mass is 32.2. The minimum atomic E-state index is -3.89. The summed E-state index contributed by atoms with van der Waals surface area (Å²) in [7, 11) is -2.53. The number of rotatable bonds is 7. The van der Waals surface area contributed by atoms with Gasteiger partial charge in [0.2, 0.25) is 10.0 Å². The predicted molar refractivity (Wildman–Crippen MR) is 111 cm³/mol. The van der Waals surface area contributed by atoms with Gasteiger partial charge in [-0.25, -0.2) is 13.1 Å². The van der Waals surface area contributed by atoms with Gasteiger partial charge in [-0.2, -0.15) is 0 Å². The molecule has 0 unspecified atom stereocenters. The molecular weight excluding hydrogens is 410 g/mol. The van der Waals surface area contributed by atoms with Gasteiger partial charge in [0.15, 0.2) is 0 Å². The minimum Gasteiger partial charge on any atom is -0.495 e. The Morgan fingerprint density at radius 3 is 2.50 bits per heavy atom. The Balaban J connectivity index is 1.90. The summed E-state index contributed by atoms with van der Waals surface area (Å²) in [5, 5.41) is 13.6. The normalized spacial score (nSPS) is 14.5. The summed E-state index contributed by atoms with van der Waals surface area (Å²) in [6, 6.07) is 8.10. The molecule has 1 amide bonds. The molecule has 1 aliphatic rings. The lowest BCUT2D eigenvalue weighted by atomic mass is 10.1. The number of carbonyl (C=O) groups is 1. The van der Waals surface area contributed by atoms with Crippen LogP contribution in [0.4, 0.5) is 11.4 Å². The molecule has 0 spiro atoms. The van der Waals surface area contributed by atoms with Crippen molar-refractivity contribution >= 4 is 27.3 Å². The number of amides is 1. The average Bonchev–Trinajstić information content (AvgIpc) is 3.21. The molecule has 1 fully saturated rings. The number of anilines is 1. The summed E-state index contributed by atoms with van der Waals surface area (Å²) in [5.74, 6) is -0.456. The van der Waals surface area contributed by atoms with E-state index in [1.807, 2.05) is 0 Å². The molecule has 0 aromatic heterocycles. The van der Waals surface area contributed by atoms with Crippen LogP contribution in [0.3, 0.4) is 0 Å². The van der Waals surface area contributed by atoms with E-state index in [1.165, 1.54) is 43.5 Å². The number of carbonyl (C=O) groups excluding carboxylic acids is 1. The summed E-state index contributed by atoms with van der Waals surface area (Å²) in [6.07, 6.45) is 3.48. The van der Waals surface area contributed by atoms with E-state index < -0.39 is 20.9 Å². The van der Waals surface area contributed by atoms with E-state index in [9.17, 15) is 23.3 Å². The topological polar surface area (TPSA) is 128 Å². The summed E-state index contributed by atoms with van der Waals surface area (Å²) in [6.45, 7) is 1.70. The Morgan fingerprint density at radius 1 is 1.17 bits per heavy atom. The van der Waals surface area contributed by atoms with Crippen molar-refractivity contribution in [3.8, 4) is 5.75 Å². The monoisotopic (exact) mass is 433 g/mol. The molecule has 160 valence electrons. The molecule has 30 heavy (non-hydrogen) atoms. The third-order valence-corrected chi connectivity index (χ3v) is 6.61. The second kappa shape index (κ2) is 8.80. The molecule has 1 saturated carbocycles. The smallest absolute Gasteiger partial charge is 0.271 e. The second-order valence-electron chi connectivity index (χ2n) is 7.18. The number of nitro groups is 1. The standard InChI is InChI=1S/C20H23N3O6S/c1-13-7-9-16(23(25)26)12-17(13)21-20(24)14-8-10-18(29-2)19(11-14)30(27,28)22-15-5-3-4-6-15/h7-12,15,22H,3-6H2,1-2H3,(H,21,24). The summed E-state index contributed by atoms with van der Waals surface area (Å²) in [5.41, 5.74) is 0.847. The number of nitro benzene ring substituents is 1. The Morgan fingerprint density at radius 2 is 1.87 bits per heavy atom. The lowest BCUT2D eigenvalue weighted by Crippen LogP contribution is -2.33. The van der Waals surface area contributed by atoms with Crippen LogP contribution in [0, 0.1) is 17.0 Å². The number of non-ortho nitro benzene ring substituents is 1. The van der Waals surface area contributed by atoms with E-state index in [-0.39, 0.29) is 33.6 Å². The highest BCUT2D eigenvalue weighted by Crippen LogP contribution is 2.28. The number of methoxy groups -OCH3 is 1. The van der Waals surface area contributed by atoms with Crippen LogP contribution in [0.1, 0.15) is 41.6 Å². The Labute approximate surface area is 174 Å². The number of sulfonamides is 1. The van der Waals surface area contributed by atoms with E-state index in [4.69, 9.17) is 4.74 Å². The van der Waals surface area contributed by atoms with Crippen LogP contribution in [0.2, 0.25) is 0 Å². The first-order valence-electron chi connectivity index (χ1n) is 9.48.